The lowest BCUT2D eigenvalue weighted by Crippen LogP contribution is -2.32. The lowest BCUT2D eigenvalue weighted by atomic mass is 9.97. The molecular formula is C15H21N3. The number of hydrogen-bond acceptors (Lipinski definition) is 2. The molecule has 0 bridgehead atoms. The Morgan fingerprint density at radius 2 is 1.83 bits per heavy atom. The lowest BCUT2D eigenvalue weighted by Gasteiger charge is -2.24. The van der Waals surface area contributed by atoms with Crippen LogP contribution in [-0.2, 0) is 0 Å². The van der Waals surface area contributed by atoms with Crippen LogP contribution in [0.1, 0.15) is 36.2 Å². The van der Waals surface area contributed by atoms with Gasteiger partial charge in [-0.15, -0.1) is 0 Å². The van der Waals surface area contributed by atoms with Crippen LogP contribution in [0.25, 0.3) is 0 Å². The van der Waals surface area contributed by atoms with Gasteiger partial charge in [0.05, 0.1) is 11.7 Å². The van der Waals surface area contributed by atoms with Gasteiger partial charge < -0.3 is 5.73 Å². The second kappa shape index (κ2) is 5.36. The van der Waals surface area contributed by atoms with Gasteiger partial charge >= 0.3 is 0 Å². The molecule has 3 heteroatoms. The molecule has 18 heavy (non-hydrogen) atoms. The van der Waals surface area contributed by atoms with Gasteiger partial charge in [0.15, 0.2) is 0 Å². The molecule has 2 unspecified atom stereocenters. The van der Waals surface area contributed by atoms with Gasteiger partial charge in [-0.3, -0.25) is 4.68 Å². The molecule has 0 aliphatic heterocycles. The summed E-state index contributed by atoms with van der Waals surface area (Å²) in [5.41, 5.74) is 9.77. The van der Waals surface area contributed by atoms with Crippen LogP contribution >= 0.6 is 0 Å². The first kappa shape index (κ1) is 12.8. The van der Waals surface area contributed by atoms with E-state index >= 15 is 0 Å². The summed E-state index contributed by atoms with van der Waals surface area (Å²) in [6.07, 6.45) is 2.94. The van der Waals surface area contributed by atoms with Crippen molar-refractivity contribution in [3.8, 4) is 0 Å². The number of aryl methyl sites for hydroxylation is 2. The predicted molar refractivity (Wildman–Crippen MR) is 74.5 cm³/mol. The van der Waals surface area contributed by atoms with Gasteiger partial charge in [-0.05, 0) is 31.9 Å². The van der Waals surface area contributed by atoms with Gasteiger partial charge in [0, 0.05) is 12.2 Å². The van der Waals surface area contributed by atoms with E-state index in [-0.39, 0.29) is 12.1 Å². The summed E-state index contributed by atoms with van der Waals surface area (Å²) in [5, 5.41) is 4.52. The van der Waals surface area contributed by atoms with E-state index < -0.39 is 0 Å². The number of nitrogens with zero attached hydrogens (tertiary/aromatic N) is 2. The van der Waals surface area contributed by atoms with Crippen LogP contribution in [0.2, 0.25) is 0 Å². The summed E-state index contributed by atoms with van der Waals surface area (Å²) in [5.74, 6) is 0. The van der Waals surface area contributed by atoms with Gasteiger partial charge in [0.1, 0.15) is 0 Å². The molecule has 0 aliphatic rings. The van der Waals surface area contributed by atoms with Crippen LogP contribution < -0.4 is 5.73 Å². The molecule has 0 spiro atoms. The fourth-order valence-electron chi connectivity index (χ4n) is 2.17. The van der Waals surface area contributed by atoms with Gasteiger partial charge in [-0.1, -0.05) is 36.8 Å². The zero-order valence-corrected chi connectivity index (χ0v) is 11.3. The van der Waals surface area contributed by atoms with Gasteiger partial charge in [-0.2, -0.15) is 5.10 Å². The fraction of sp³-hybridized carbons (Fsp3) is 0.400. The first-order valence-electron chi connectivity index (χ1n) is 6.45. The van der Waals surface area contributed by atoms with E-state index in [1.165, 1.54) is 11.1 Å². The van der Waals surface area contributed by atoms with Gasteiger partial charge in [0.25, 0.3) is 0 Å². The van der Waals surface area contributed by atoms with E-state index in [0.29, 0.717) is 0 Å². The van der Waals surface area contributed by atoms with E-state index in [4.69, 9.17) is 5.73 Å². The maximum atomic E-state index is 6.27. The van der Waals surface area contributed by atoms with E-state index in [0.717, 1.165) is 12.1 Å². The van der Waals surface area contributed by atoms with Crippen LogP contribution in [0.5, 0.6) is 0 Å². The third-order valence-electron chi connectivity index (χ3n) is 3.32. The average molecular weight is 243 g/mol. The molecule has 1 aromatic carbocycles. The molecule has 2 N–H and O–H groups in total. The predicted octanol–water partition coefficient (Wildman–Crippen LogP) is 2.83. The van der Waals surface area contributed by atoms with Crippen molar-refractivity contribution in [2.24, 2.45) is 5.73 Å². The fourth-order valence-corrected chi connectivity index (χ4v) is 2.17. The Kier molecular flexibility index (Phi) is 3.82. The largest absolute Gasteiger partial charge is 0.326 e. The molecule has 2 aromatic rings. The zero-order valence-electron chi connectivity index (χ0n) is 11.3. The molecule has 1 heterocycles. The Hall–Kier alpha value is -1.61. The summed E-state index contributed by atoms with van der Waals surface area (Å²) in [7, 11) is 0. The van der Waals surface area contributed by atoms with E-state index in [9.17, 15) is 0 Å². The molecule has 96 valence electrons. The topological polar surface area (TPSA) is 43.8 Å². The minimum absolute atomic E-state index is 0.0759. The highest BCUT2D eigenvalue weighted by molar-refractivity contribution is 5.26. The second-order valence-electron chi connectivity index (χ2n) is 4.86. The summed E-state index contributed by atoms with van der Waals surface area (Å²) in [6.45, 7) is 6.21. The number of benzene rings is 1. The summed E-state index contributed by atoms with van der Waals surface area (Å²) < 4.78 is 1.98. The Bertz CT molecular complexity index is 499. The monoisotopic (exact) mass is 243 g/mol. The molecule has 0 saturated carbocycles. The molecular weight excluding hydrogens is 222 g/mol. The zero-order chi connectivity index (χ0) is 13.1. The molecule has 0 radical (unpaired) electrons. The molecule has 0 aliphatic carbocycles. The maximum absolute atomic E-state index is 6.27. The van der Waals surface area contributed by atoms with Crippen molar-refractivity contribution in [3.63, 3.8) is 0 Å². The van der Waals surface area contributed by atoms with Crippen molar-refractivity contribution in [2.75, 3.05) is 0 Å². The average Bonchev–Trinajstić information content (AvgIpc) is 2.78. The highest BCUT2D eigenvalue weighted by Gasteiger charge is 2.20. The Balaban J connectivity index is 2.39. The molecule has 2 atom stereocenters. The summed E-state index contributed by atoms with van der Waals surface area (Å²) in [4.78, 5) is 0. The molecule has 2 rings (SSSR count). The molecule has 0 fully saturated rings. The van der Waals surface area contributed by atoms with Gasteiger partial charge in [-0.25, -0.2) is 0 Å². The minimum Gasteiger partial charge on any atom is -0.326 e. The van der Waals surface area contributed by atoms with Crippen molar-refractivity contribution in [2.45, 2.75) is 39.3 Å². The van der Waals surface area contributed by atoms with Crippen LogP contribution in [0.15, 0.2) is 36.5 Å². The first-order chi connectivity index (χ1) is 8.61. The smallest absolute Gasteiger partial charge is 0.0919 e. The Morgan fingerprint density at radius 1 is 1.17 bits per heavy atom. The van der Waals surface area contributed by atoms with Crippen molar-refractivity contribution < 1.29 is 0 Å². The van der Waals surface area contributed by atoms with E-state index in [1.807, 2.05) is 23.9 Å². The molecule has 3 nitrogen and oxygen atoms in total. The number of aromatic nitrogens is 2. The lowest BCUT2D eigenvalue weighted by molar-refractivity contribution is 0.422. The normalized spacial score (nSPS) is 14.4. The Labute approximate surface area is 109 Å². The van der Waals surface area contributed by atoms with Crippen molar-refractivity contribution >= 4 is 0 Å². The summed E-state index contributed by atoms with van der Waals surface area (Å²) in [6, 6.07) is 10.8. The number of nitrogens with two attached hydrogens (primary N) is 1. The third-order valence-corrected chi connectivity index (χ3v) is 3.32. The van der Waals surface area contributed by atoms with Crippen LogP contribution in [0, 0.1) is 13.8 Å². The maximum Gasteiger partial charge on any atom is 0.0919 e. The van der Waals surface area contributed by atoms with Crippen LogP contribution in [-0.4, -0.2) is 15.8 Å². The summed E-state index contributed by atoms with van der Waals surface area (Å²) >= 11 is 0. The first-order valence-corrected chi connectivity index (χ1v) is 6.45. The Morgan fingerprint density at radius 3 is 2.33 bits per heavy atom. The van der Waals surface area contributed by atoms with Crippen molar-refractivity contribution in [1.82, 2.24) is 9.78 Å². The molecule has 1 aromatic heterocycles. The van der Waals surface area contributed by atoms with Crippen molar-refractivity contribution in [3.05, 3.63) is 53.3 Å². The minimum atomic E-state index is 0.0759. The third kappa shape index (κ3) is 2.62. The highest BCUT2D eigenvalue weighted by atomic mass is 15.3. The molecule has 0 saturated heterocycles. The second-order valence-corrected chi connectivity index (χ2v) is 4.86. The van der Waals surface area contributed by atoms with E-state index in [1.54, 1.807) is 0 Å². The van der Waals surface area contributed by atoms with Crippen LogP contribution in [0.3, 0.4) is 0 Å². The quantitative estimate of drug-likeness (QED) is 0.897. The standard InChI is InChI=1S/C15H21N3/c1-4-14(16)15(18-10-9-12(3)17-18)13-7-5-11(2)6-8-13/h5-10,14-15H,4,16H2,1-3H3. The number of rotatable bonds is 4. The number of hydrogen-bond donors (Lipinski definition) is 1. The highest BCUT2D eigenvalue weighted by Crippen LogP contribution is 2.22. The van der Waals surface area contributed by atoms with Crippen LogP contribution in [0.4, 0.5) is 0 Å². The van der Waals surface area contributed by atoms with Crippen molar-refractivity contribution in [1.29, 1.82) is 0 Å². The van der Waals surface area contributed by atoms with E-state index in [2.05, 4.69) is 43.2 Å². The van der Waals surface area contributed by atoms with Gasteiger partial charge in [0.2, 0.25) is 0 Å². The molecule has 0 amide bonds. The SMILES string of the molecule is CCC(N)C(c1ccc(C)cc1)n1ccc(C)n1.